The quantitative estimate of drug-likeness (QED) is 0.373. The predicted octanol–water partition coefficient (Wildman–Crippen LogP) is 1.15. The molecule has 1 heterocycles. The Labute approximate surface area is 111 Å². The zero-order valence-corrected chi connectivity index (χ0v) is 11.0. The molecule has 0 aliphatic heterocycles. The van der Waals surface area contributed by atoms with Crippen molar-refractivity contribution < 1.29 is 5.21 Å². The van der Waals surface area contributed by atoms with Gasteiger partial charge in [0.05, 0.1) is 6.20 Å². The summed E-state index contributed by atoms with van der Waals surface area (Å²) in [5.74, 6) is 0.105. The van der Waals surface area contributed by atoms with Crippen LogP contribution < -0.4 is 10.6 Å². The molecule has 0 radical (unpaired) electrons. The van der Waals surface area contributed by atoms with Crippen LogP contribution in [-0.2, 0) is 13.6 Å². The van der Waals surface area contributed by atoms with Gasteiger partial charge in [-0.25, -0.2) is 0 Å². The number of hydrogen-bond donors (Lipinski definition) is 2. The van der Waals surface area contributed by atoms with E-state index in [1.165, 1.54) is 0 Å². The van der Waals surface area contributed by atoms with Crippen LogP contribution in [0.2, 0.25) is 0 Å². The fourth-order valence-corrected chi connectivity index (χ4v) is 1.99. The molecule has 0 bridgehead atoms. The first-order valence-corrected chi connectivity index (χ1v) is 5.87. The summed E-state index contributed by atoms with van der Waals surface area (Å²) in [6.07, 6.45) is 3.78. The maximum absolute atomic E-state index is 8.82. The highest BCUT2D eigenvalue weighted by Crippen LogP contribution is 2.20. The van der Waals surface area contributed by atoms with Crippen molar-refractivity contribution in [2.45, 2.75) is 6.54 Å². The maximum atomic E-state index is 8.82. The highest BCUT2D eigenvalue weighted by atomic mass is 16.4. The number of aryl methyl sites for hydroxylation is 1. The standard InChI is InChI=1S/C13H17N5O/c1-17(8-10-7-15-18(2)9-10)12-6-4-3-5-11(12)13(14)16-19/h3-7,9,19H,8H2,1-2H3,(H2,14,16). The van der Waals surface area contributed by atoms with Crippen molar-refractivity contribution in [1.82, 2.24) is 9.78 Å². The van der Waals surface area contributed by atoms with Gasteiger partial charge in [-0.3, -0.25) is 4.68 Å². The van der Waals surface area contributed by atoms with Crippen LogP contribution in [0.5, 0.6) is 0 Å². The third-order valence-corrected chi connectivity index (χ3v) is 2.88. The molecule has 0 unspecified atom stereocenters. The molecule has 2 rings (SSSR count). The smallest absolute Gasteiger partial charge is 0.172 e. The van der Waals surface area contributed by atoms with Crippen molar-refractivity contribution in [2.24, 2.45) is 17.9 Å². The molecule has 0 aliphatic carbocycles. The van der Waals surface area contributed by atoms with Crippen molar-refractivity contribution in [2.75, 3.05) is 11.9 Å². The van der Waals surface area contributed by atoms with Gasteiger partial charge in [0.2, 0.25) is 0 Å². The Bertz CT molecular complexity index is 590. The molecule has 100 valence electrons. The Morgan fingerprint density at radius 1 is 1.47 bits per heavy atom. The number of oxime groups is 1. The van der Waals surface area contributed by atoms with Gasteiger partial charge in [0, 0.05) is 43.7 Å². The summed E-state index contributed by atoms with van der Waals surface area (Å²) in [5, 5.41) is 16.0. The van der Waals surface area contributed by atoms with Crippen LogP contribution in [0.1, 0.15) is 11.1 Å². The monoisotopic (exact) mass is 259 g/mol. The zero-order chi connectivity index (χ0) is 13.8. The molecule has 6 heteroatoms. The summed E-state index contributed by atoms with van der Waals surface area (Å²) in [6, 6.07) is 7.53. The molecule has 0 saturated carbocycles. The third-order valence-electron chi connectivity index (χ3n) is 2.88. The number of nitrogens with zero attached hydrogens (tertiary/aromatic N) is 4. The number of rotatable bonds is 4. The molecule has 0 saturated heterocycles. The number of amidine groups is 1. The van der Waals surface area contributed by atoms with E-state index in [2.05, 4.69) is 10.3 Å². The first-order chi connectivity index (χ1) is 9.11. The van der Waals surface area contributed by atoms with Crippen molar-refractivity contribution in [3.63, 3.8) is 0 Å². The Kier molecular flexibility index (Phi) is 3.70. The van der Waals surface area contributed by atoms with Crippen LogP contribution in [-0.4, -0.2) is 27.9 Å². The van der Waals surface area contributed by atoms with Crippen LogP contribution in [0.25, 0.3) is 0 Å². The molecule has 1 aromatic carbocycles. The molecule has 2 aromatic rings. The van der Waals surface area contributed by atoms with E-state index >= 15 is 0 Å². The topological polar surface area (TPSA) is 79.7 Å². The van der Waals surface area contributed by atoms with Crippen molar-refractivity contribution in [1.29, 1.82) is 0 Å². The summed E-state index contributed by atoms with van der Waals surface area (Å²) in [6.45, 7) is 0.698. The van der Waals surface area contributed by atoms with Crippen LogP contribution in [0.4, 0.5) is 5.69 Å². The van der Waals surface area contributed by atoms with Gasteiger partial charge >= 0.3 is 0 Å². The molecular formula is C13H17N5O. The van der Waals surface area contributed by atoms with Gasteiger partial charge in [-0.05, 0) is 12.1 Å². The average molecular weight is 259 g/mol. The minimum absolute atomic E-state index is 0.105. The second-order valence-electron chi connectivity index (χ2n) is 4.38. The first-order valence-electron chi connectivity index (χ1n) is 5.87. The molecule has 1 aromatic heterocycles. The molecular weight excluding hydrogens is 242 g/mol. The Balaban J connectivity index is 2.26. The highest BCUT2D eigenvalue weighted by molar-refractivity contribution is 6.02. The fraction of sp³-hybridized carbons (Fsp3) is 0.231. The minimum Gasteiger partial charge on any atom is -0.409 e. The summed E-state index contributed by atoms with van der Waals surface area (Å²) >= 11 is 0. The summed E-state index contributed by atoms with van der Waals surface area (Å²) < 4.78 is 1.76. The zero-order valence-electron chi connectivity index (χ0n) is 11.0. The molecule has 0 aliphatic rings. The van der Waals surface area contributed by atoms with E-state index in [0.29, 0.717) is 12.1 Å². The SMILES string of the molecule is CN(Cc1cnn(C)c1)c1ccccc1/C(N)=N/O. The largest absolute Gasteiger partial charge is 0.409 e. The molecule has 0 amide bonds. The lowest BCUT2D eigenvalue weighted by atomic mass is 10.1. The molecule has 6 nitrogen and oxygen atoms in total. The lowest BCUT2D eigenvalue weighted by Gasteiger charge is -2.21. The number of benzene rings is 1. The van der Waals surface area contributed by atoms with Gasteiger partial charge in [0.15, 0.2) is 5.84 Å². The molecule has 0 fully saturated rings. The molecule has 0 atom stereocenters. The van der Waals surface area contributed by atoms with E-state index in [-0.39, 0.29) is 5.84 Å². The second kappa shape index (κ2) is 5.43. The number of nitrogens with two attached hydrogens (primary N) is 1. The third kappa shape index (κ3) is 2.85. The Morgan fingerprint density at radius 2 is 2.21 bits per heavy atom. The van der Waals surface area contributed by atoms with Gasteiger partial charge in [0.1, 0.15) is 0 Å². The number of hydrogen-bond acceptors (Lipinski definition) is 4. The lowest BCUT2D eigenvalue weighted by molar-refractivity contribution is 0.318. The van der Waals surface area contributed by atoms with Gasteiger partial charge in [-0.2, -0.15) is 5.10 Å². The molecule has 0 spiro atoms. The van der Waals surface area contributed by atoms with Crippen LogP contribution in [0.3, 0.4) is 0 Å². The second-order valence-corrected chi connectivity index (χ2v) is 4.38. The van der Waals surface area contributed by atoms with Crippen molar-refractivity contribution in [3.8, 4) is 0 Å². The normalized spacial score (nSPS) is 11.6. The molecule has 19 heavy (non-hydrogen) atoms. The van der Waals surface area contributed by atoms with Crippen LogP contribution in [0, 0.1) is 0 Å². The summed E-state index contributed by atoms with van der Waals surface area (Å²) in [5.41, 5.74) is 8.39. The van der Waals surface area contributed by atoms with E-state index in [1.54, 1.807) is 4.68 Å². The van der Waals surface area contributed by atoms with Gasteiger partial charge in [-0.15, -0.1) is 0 Å². The summed E-state index contributed by atoms with van der Waals surface area (Å²) in [7, 11) is 3.84. The van der Waals surface area contributed by atoms with E-state index in [0.717, 1.165) is 11.3 Å². The Hall–Kier alpha value is -2.50. The maximum Gasteiger partial charge on any atom is 0.172 e. The van der Waals surface area contributed by atoms with Gasteiger partial charge in [-0.1, -0.05) is 17.3 Å². The number of aromatic nitrogens is 2. The first kappa shape index (κ1) is 12.9. The summed E-state index contributed by atoms with van der Waals surface area (Å²) in [4.78, 5) is 2.03. The highest BCUT2D eigenvalue weighted by Gasteiger charge is 2.11. The van der Waals surface area contributed by atoms with Gasteiger partial charge < -0.3 is 15.8 Å². The van der Waals surface area contributed by atoms with Crippen LogP contribution in [0.15, 0.2) is 41.8 Å². The minimum atomic E-state index is 0.105. The lowest BCUT2D eigenvalue weighted by Crippen LogP contribution is -2.22. The molecule has 3 N–H and O–H groups in total. The van der Waals surface area contributed by atoms with E-state index in [4.69, 9.17) is 10.9 Å². The van der Waals surface area contributed by atoms with E-state index < -0.39 is 0 Å². The van der Waals surface area contributed by atoms with Crippen LogP contribution >= 0.6 is 0 Å². The Morgan fingerprint density at radius 3 is 2.84 bits per heavy atom. The van der Waals surface area contributed by atoms with Gasteiger partial charge in [0.25, 0.3) is 0 Å². The van der Waals surface area contributed by atoms with E-state index in [9.17, 15) is 0 Å². The number of para-hydroxylation sites is 1. The van der Waals surface area contributed by atoms with E-state index in [1.807, 2.05) is 55.7 Å². The average Bonchev–Trinajstić information content (AvgIpc) is 2.83. The number of anilines is 1. The fourth-order valence-electron chi connectivity index (χ4n) is 1.99. The predicted molar refractivity (Wildman–Crippen MR) is 74.3 cm³/mol. The van der Waals surface area contributed by atoms with Crippen molar-refractivity contribution in [3.05, 3.63) is 47.8 Å². The van der Waals surface area contributed by atoms with Crippen molar-refractivity contribution >= 4 is 11.5 Å².